The number of carbonyl (C=O) groups is 1. The van der Waals surface area contributed by atoms with Crippen LogP contribution in [0.5, 0.6) is 0 Å². The van der Waals surface area contributed by atoms with Gasteiger partial charge in [0.15, 0.2) is 0 Å². The number of amides is 1. The fourth-order valence-corrected chi connectivity index (χ4v) is 3.39. The van der Waals surface area contributed by atoms with Crippen LogP contribution in [0, 0.1) is 5.92 Å². The predicted molar refractivity (Wildman–Crippen MR) is 74.8 cm³/mol. The minimum Gasteiger partial charge on any atom is -0.451 e. The van der Waals surface area contributed by atoms with E-state index < -0.39 is 11.9 Å². The Balaban J connectivity index is 1.55. The lowest BCUT2D eigenvalue weighted by atomic mass is 10.00. The first-order valence-electron chi connectivity index (χ1n) is 7.40. The molecule has 8 heteroatoms. The lowest BCUT2D eigenvalue weighted by Gasteiger charge is -2.22. The quantitative estimate of drug-likeness (QED) is 0.920. The summed E-state index contributed by atoms with van der Waals surface area (Å²) in [5.74, 6) is -1.02. The van der Waals surface area contributed by atoms with Gasteiger partial charge in [-0.25, -0.2) is 0 Å². The summed E-state index contributed by atoms with van der Waals surface area (Å²) in [5, 5.41) is 3.14. The maximum absolute atomic E-state index is 12.6. The average Bonchev–Trinajstić information content (AvgIpc) is 3.20. The van der Waals surface area contributed by atoms with Crippen molar-refractivity contribution >= 4 is 16.9 Å². The highest BCUT2D eigenvalue weighted by Crippen LogP contribution is 2.33. The molecule has 3 atom stereocenters. The summed E-state index contributed by atoms with van der Waals surface area (Å²) in [5.41, 5.74) is 0.0764. The molecule has 2 aromatic rings. The molecule has 2 saturated heterocycles. The minimum atomic E-state index is -4.56. The van der Waals surface area contributed by atoms with Crippen LogP contribution in [-0.2, 0) is 6.18 Å². The molecule has 4 heterocycles. The van der Waals surface area contributed by atoms with E-state index in [2.05, 4.69) is 15.2 Å². The van der Waals surface area contributed by atoms with Crippen LogP contribution in [0.3, 0.4) is 0 Å². The number of aromatic nitrogens is 1. The van der Waals surface area contributed by atoms with Gasteiger partial charge in [-0.2, -0.15) is 13.2 Å². The third-order valence-corrected chi connectivity index (χ3v) is 4.56. The number of pyridine rings is 1. The third-order valence-electron chi connectivity index (χ3n) is 4.56. The molecular weight excluding hydrogens is 311 g/mol. The van der Waals surface area contributed by atoms with Gasteiger partial charge in [-0.3, -0.25) is 9.78 Å². The molecule has 2 fully saturated rings. The van der Waals surface area contributed by atoms with Crippen molar-refractivity contribution in [3.63, 3.8) is 0 Å². The van der Waals surface area contributed by atoms with Gasteiger partial charge in [-0.1, -0.05) is 0 Å². The Morgan fingerprint density at radius 3 is 2.83 bits per heavy atom. The average molecular weight is 325 g/mol. The van der Waals surface area contributed by atoms with Crippen LogP contribution in [0.2, 0.25) is 0 Å². The van der Waals surface area contributed by atoms with Gasteiger partial charge in [0.1, 0.15) is 11.3 Å². The Morgan fingerprint density at radius 1 is 1.35 bits per heavy atom. The zero-order chi connectivity index (χ0) is 16.2. The van der Waals surface area contributed by atoms with Gasteiger partial charge in [-0.05, 0) is 24.9 Å². The highest BCUT2D eigenvalue weighted by molar-refractivity contribution is 5.95. The first kappa shape index (κ1) is 14.5. The molecule has 0 spiro atoms. The summed E-state index contributed by atoms with van der Waals surface area (Å²) in [6.07, 6.45) is -2.27. The lowest BCUT2D eigenvalue weighted by Crippen LogP contribution is -2.43. The first-order chi connectivity index (χ1) is 10.9. The van der Waals surface area contributed by atoms with Crippen molar-refractivity contribution in [2.75, 3.05) is 19.6 Å². The molecule has 2 bridgehead atoms. The summed E-state index contributed by atoms with van der Waals surface area (Å²) in [7, 11) is 0. The molecule has 4 rings (SSSR count). The van der Waals surface area contributed by atoms with Crippen molar-refractivity contribution in [2.24, 2.45) is 5.92 Å². The summed E-state index contributed by atoms with van der Waals surface area (Å²) < 4.78 is 42.7. The standard InChI is InChI=1S/C15H14F3N3O2/c16-15(17,18)13-3-9-5-19-10(4-12(9)23-13)14(22)20-11-7-21-2-1-8(11)6-21/h3-5,8,11H,1-2,6-7H2,(H,20,22)/t8-,11?/m0/s1. The Hall–Kier alpha value is -2.09. The van der Waals surface area contributed by atoms with Crippen molar-refractivity contribution in [2.45, 2.75) is 18.6 Å². The van der Waals surface area contributed by atoms with Crippen LogP contribution in [0.1, 0.15) is 22.7 Å². The highest BCUT2D eigenvalue weighted by Gasteiger charge is 2.39. The number of rotatable bonds is 2. The van der Waals surface area contributed by atoms with Gasteiger partial charge in [0.05, 0.1) is 0 Å². The fourth-order valence-electron chi connectivity index (χ4n) is 3.39. The number of halogens is 3. The molecular formula is C15H14F3N3O2. The number of piperidine rings is 1. The topological polar surface area (TPSA) is 58.4 Å². The van der Waals surface area contributed by atoms with E-state index in [0.29, 0.717) is 5.92 Å². The molecule has 0 aromatic carbocycles. The molecule has 1 amide bonds. The monoisotopic (exact) mass is 325 g/mol. The van der Waals surface area contributed by atoms with Crippen molar-refractivity contribution in [1.82, 2.24) is 15.2 Å². The Bertz CT molecular complexity index is 771. The van der Waals surface area contributed by atoms with Crippen molar-refractivity contribution in [3.05, 3.63) is 29.8 Å². The van der Waals surface area contributed by atoms with Gasteiger partial charge in [0.2, 0.25) is 5.76 Å². The van der Waals surface area contributed by atoms with Crippen LogP contribution in [0.15, 0.2) is 22.7 Å². The van der Waals surface area contributed by atoms with E-state index in [-0.39, 0.29) is 28.6 Å². The van der Waals surface area contributed by atoms with Crippen LogP contribution in [-0.4, -0.2) is 41.5 Å². The second-order valence-electron chi connectivity index (χ2n) is 6.10. The van der Waals surface area contributed by atoms with E-state index >= 15 is 0 Å². The molecule has 2 aromatic heterocycles. The van der Waals surface area contributed by atoms with Crippen LogP contribution in [0.4, 0.5) is 13.2 Å². The largest absolute Gasteiger partial charge is 0.451 e. The smallest absolute Gasteiger partial charge is 0.449 e. The van der Waals surface area contributed by atoms with Crippen LogP contribution in [0.25, 0.3) is 11.0 Å². The summed E-state index contributed by atoms with van der Waals surface area (Å²) >= 11 is 0. The normalized spacial score (nSPS) is 26.8. The van der Waals surface area contributed by atoms with Crippen molar-refractivity contribution in [3.8, 4) is 0 Å². The molecule has 1 N–H and O–H groups in total. The number of nitrogens with zero attached hydrogens (tertiary/aromatic N) is 2. The third kappa shape index (κ3) is 2.56. The second kappa shape index (κ2) is 4.95. The summed E-state index contributed by atoms with van der Waals surface area (Å²) in [6.45, 7) is 2.87. The second-order valence-corrected chi connectivity index (χ2v) is 6.10. The van der Waals surface area contributed by atoms with E-state index in [9.17, 15) is 18.0 Å². The zero-order valence-corrected chi connectivity index (χ0v) is 12.1. The molecule has 0 radical (unpaired) electrons. The maximum Gasteiger partial charge on any atom is 0.449 e. The molecule has 5 nitrogen and oxygen atoms in total. The van der Waals surface area contributed by atoms with Gasteiger partial charge < -0.3 is 14.6 Å². The lowest BCUT2D eigenvalue weighted by molar-refractivity contribution is -0.152. The zero-order valence-electron chi connectivity index (χ0n) is 12.1. The van der Waals surface area contributed by atoms with E-state index in [4.69, 9.17) is 4.42 Å². The highest BCUT2D eigenvalue weighted by atomic mass is 19.4. The Labute approximate surface area is 129 Å². The molecule has 2 unspecified atom stereocenters. The number of fused-ring (bicyclic) bond motifs is 3. The van der Waals surface area contributed by atoms with Crippen LogP contribution < -0.4 is 5.32 Å². The first-order valence-corrected chi connectivity index (χ1v) is 7.40. The SMILES string of the molecule is O=C(NC1CN2CC[C@H]1C2)c1cc2oc(C(F)(F)F)cc2cn1. The van der Waals surface area contributed by atoms with Gasteiger partial charge in [-0.15, -0.1) is 0 Å². The van der Waals surface area contributed by atoms with E-state index in [1.165, 1.54) is 12.3 Å². The molecule has 122 valence electrons. The van der Waals surface area contributed by atoms with Crippen LogP contribution >= 0.6 is 0 Å². The maximum atomic E-state index is 12.6. The minimum absolute atomic E-state index is 0.00849. The fraction of sp³-hybridized carbons (Fsp3) is 0.467. The van der Waals surface area contributed by atoms with Crippen molar-refractivity contribution < 1.29 is 22.4 Å². The molecule has 2 aliphatic heterocycles. The molecule has 0 saturated carbocycles. The number of hydrogen-bond acceptors (Lipinski definition) is 4. The molecule has 23 heavy (non-hydrogen) atoms. The van der Waals surface area contributed by atoms with Gasteiger partial charge in [0.25, 0.3) is 5.91 Å². The Kier molecular flexibility index (Phi) is 3.12. The number of alkyl halides is 3. The summed E-state index contributed by atoms with van der Waals surface area (Å²) in [6, 6.07) is 2.22. The number of nitrogens with one attached hydrogen (secondary N) is 1. The van der Waals surface area contributed by atoms with E-state index in [1.807, 2.05) is 0 Å². The Morgan fingerprint density at radius 2 is 2.17 bits per heavy atom. The van der Waals surface area contributed by atoms with E-state index in [0.717, 1.165) is 32.1 Å². The molecule has 0 aliphatic carbocycles. The number of carbonyl (C=O) groups excluding carboxylic acids is 1. The van der Waals surface area contributed by atoms with E-state index in [1.54, 1.807) is 0 Å². The number of furan rings is 1. The van der Waals surface area contributed by atoms with Gasteiger partial charge >= 0.3 is 6.18 Å². The van der Waals surface area contributed by atoms with Crippen molar-refractivity contribution in [1.29, 1.82) is 0 Å². The summed E-state index contributed by atoms with van der Waals surface area (Å²) in [4.78, 5) is 18.5. The molecule has 2 aliphatic rings. The predicted octanol–water partition coefficient (Wildman–Crippen LogP) is 2.28. The number of hydrogen-bond donors (Lipinski definition) is 1. The van der Waals surface area contributed by atoms with Gasteiger partial charge in [0, 0.05) is 36.8 Å².